The Morgan fingerprint density at radius 3 is 2.80 bits per heavy atom. The van der Waals surface area contributed by atoms with Gasteiger partial charge in [0.15, 0.2) is 0 Å². The van der Waals surface area contributed by atoms with Gasteiger partial charge >= 0.3 is 0 Å². The number of hydrogen-bond donors (Lipinski definition) is 1. The lowest BCUT2D eigenvalue weighted by Gasteiger charge is -2.30. The number of rotatable bonds is 7. The molecule has 1 saturated carbocycles. The molecule has 0 spiro atoms. The molecular formula is C14H22N4O2. The van der Waals surface area contributed by atoms with Gasteiger partial charge in [-0.2, -0.15) is 0 Å². The fourth-order valence-corrected chi connectivity index (χ4v) is 2.30. The topological polar surface area (TPSA) is 71.3 Å². The van der Waals surface area contributed by atoms with Crippen molar-refractivity contribution in [2.45, 2.75) is 32.6 Å². The Balaban J connectivity index is 2.16. The van der Waals surface area contributed by atoms with Gasteiger partial charge in [-0.05, 0) is 25.2 Å². The van der Waals surface area contributed by atoms with Crippen LogP contribution >= 0.6 is 0 Å². The van der Waals surface area contributed by atoms with Crippen molar-refractivity contribution >= 4 is 17.3 Å². The number of pyridine rings is 1. The van der Waals surface area contributed by atoms with Crippen LogP contribution in [0.3, 0.4) is 0 Å². The van der Waals surface area contributed by atoms with E-state index < -0.39 is 0 Å². The zero-order chi connectivity index (χ0) is 14.5. The lowest BCUT2D eigenvalue weighted by atomic mass is 9.85. The number of nitrogens with zero attached hydrogens (tertiary/aromatic N) is 3. The summed E-state index contributed by atoms with van der Waals surface area (Å²) in [7, 11) is 1.95. The highest BCUT2D eigenvalue weighted by Crippen LogP contribution is 2.29. The summed E-state index contributed by atoms with van der Waals surface area (Å²) < 4.78 is 0. The summed E-state index contributed by atoms with van der Waals surface area (Å²) in [6.45, 7) is 3.73. The first-order chi connectivity index (χ1) is 9.60. The van der Waals surface area contributed by atoms with Crippen LogP contribution in [0, 0.1) is 16.0 Å². The summed E-state index contributed by atoms with van der Waals surface area (Å²) in [4.78, 5) is 17.2. The Labute approximate surface area is 119 Å². The zero-order valence-electron chi connectivity index (χ0n) is 12.1. The van der Waals surface area contributed by atoms with E-state index in [2.05, 4.69) is 10.3 Å². The zero-order valence-corrected chi connectivity index (χ0v) is 12.1. The van der Waals surface area contributed by atoms with Crippen molar-refractivity contribution in [1.29, 1.82) is 0 Å². The van der Waals surface area contributed by atoms with Crippen LogP contribution in [0.15, 0.2) is 12.1 Å². The van der Waals surface area contributed by atoms with Crippen LogP contribution in [0.2, 0.25) is 0 Å². The SMILES string of the molecule is CCCNc1cc([N+](=O)[O-])cc(N(C)CC2CCC2)n1. The highest BCUT2D eigenvalue weighted by molar-refractivity contribution is 5.55. The van der Waals surface area contributed by atoms with Gasteiger partial charge in [-0.3, -0.25) is 10.1 Å². The Bertz CT molecular complexity index is 474. The molecule has 0 saturated heterocycles. The van der Waals surface area contributed by atoms with Gasteiger partial charge in [-0.1, -0.05) is 13.3 Å². The highest BCUT2D eigenvalue weighted by Gasteiger charge is 2.21. The van der Waals surface area contributed by atoms with E-state index >= 15 is 0 Å². The quantitative estimate of drug-likeness (QED) is 0.613. The molecule has 0 atom stereocenters. The van der Waals surface area contributed by atoms with Gasteiger partial charge in [0.05, 0.1) is 17.1 Å². The van der Waals surface area contributed by atoms with E-state index in [4.69, 9.17) is 0 Å². The predicted molar refractivity (Wildman–Crippen MR) is 80.3 cm³/mol. The molecule has 1 heterocycles. The third kappa shape index (κ3) is 3.59. The first-order valence-corrected chi connectivity index (χ1v) is 7.21. The van der Waals surface area contributed by atoms with Gasteiger partial charge in [0, 0.05) is 20.1 Å². The first-order valence-electron chi connectivity index (χ1n) is 7.21. The van der Waals surface area contributed by atoms with Crippen LogP contribution in [-0.2, 0) is 0 Å². The Morgan fingerprint density at radius 1 is 1.50 bits per heavy atom. The number of nitrogens with one attached hydrogen (secondary N) is 1. The summed E-state index contributed by atoms with van der Waals surface area (Å²) in [5.41, 5.74) is 0.0917. The molecule has 1 N–H and O–H groups in total. The summed E-state index contributed by atoms with van der Waals surface area (Å²) in [5.74, 6) is 1.95. The normalized spacial score (nSPS) is 14.7. The van der Waals surface area contributed by atoms with E-state index in [0.29, 0.717) is 17.6 Å². The Morgan fingerprint density at radius 2 is 2.25 bits per heavy atom. The Hall–Kier alpha value is -1.85. The second kappa shape index (κ2) is 6.54. The summed E-state index contributed by atoms with van der Waals surface area (Å²) in [6, 6.07) is 3.05. The van der Waals surface area contributed by atoms with Crippen LogP contribution < -0.4 is 10.2 Å². The monoisotopic (exact) mass is 278 g/mol. The molecule has 0 unspecified atom stereocenters. The van der Waals surface area contributed by atoms with Crippen LogP contribution in [0.25, 0.3) is 0 Å². The molecule has 110 valence electrons. The van der Waals surface area contributed by atoms with Gasteiger partial charge in [-0.15, -0.1) is 0 Å². The molecule has 6 nitrogen and oxygen atoms in total. The molecule has 20 heavy (non-hydrogen) atoms. The Kier molecular flexibility index (Phi) is 4.76. The number of hydrogen-bond acceptors (Lipinski definition) is 5. The van der Waals surface area contributed by atoms with E-state index in [0.717, 1.165) is 19.5 Å². The molecule has 6 heteroatoms. The lowest BCUT2D eigenvalue weighted by Crippen LogP contribution is -2.30. The van der Waals surface area contributed by atoms with Gasteiger partial charge in [-0.25, -0.2) is 4.98 Å². The smallest absolute Gasteiger partial charge is 0.276 e. The number of nitro groups is 1. The molecule has 0 aromatic carbocycles. The predicted octanol–water partition coefficient (Wildman–Crippen LogP) is 3.05. The second-order valence-corrected chi connectivity index (χ2v) is 5.43. The van der Waals surface area contributed by atoms with Crippen molar-refractivity contribution in [1.82, 2.24) is 4.98 Å². The van der Waals surface area contributed by atoms with E-state index in [1.54, 1.807) is 6.07 Å². The van der Waals surface area contributed by atoms with E-state index in [1.807, 2.05) is 18.9 Å². The second-order valence-electron chi connectivity index (χ2n) is 5.43. The van der Waals surface area contributed by atoms with E-state index in [9.17, 15) is 10.1 Å². The van der Waals surface area contributed by atoms with Crippen LogP contribution in [0.4, 0.5) is 17.3 Å². The third-order valence-corrected chi connectivity index (χ3v) is 3.71. The maximum atomic E-state index is 11.0. The standard InChI is InChI=1S/C14H22N4O2/c1-3-7-15-13-8-12(18(19)20)9-14(16-13)17(2)10-11-5-4-6-11/h8-9,11H,3-7,10H2,1-2H3,(H,15,16). The van der Waals surface area contributed by atoms with Gasteiger partial charge in [0.1, 0.15) is 11.6 Å². The molecular weight excluding hydrogens is 256 g/mol. The van der Waals surface area contributed by atoms with Crippen molar-refractivity contribution < 1.29 is 4.92 Å². The van der Waals surface area contributed by atoms with Crippen molar-refractivity contribution in [3.63, 3.8) is 0 Å². The van der Waals surface area contributed by atoms with Crippen molar-refractivity contribution in [2.24, 2.45) is 5.92 Å². The number of aromatic nitrogens is 1. The summed E-state index contributed by atoms with van der Waals surface area (Å²) in [5, 5.41) is 14.1. The summed E-state index contributed by atoms with van der Waals surface area (Å²) >= 11 is 0. The summed E-state index contributed by atoms with van der Waals surface area (Å²) in [6.07, 6.45) is 4.75. The minimum absolute atomic E-state index is 0.0917. The molecule has 1 aliphatic carbocycles. The van der Waals surface area contributed by atoms with E-state index in [1.165, 1.54) is 25.3 Å². The largest absolute Gasteiger partial charge is 0.370 e. The van der Waals surface area contributed by atoms with Crippen molar-refractivity contribution in [3.05, 3.63) is 22.2 Å². The van der Waals surface area contributed by atoms with Crippen LogP contribution in [-0.4, -0.2) is 30.0 Å². The van der Waals surface area contributed by atoms with E-state index in [-0.39, 0.29) is 10.6 Å². The molecule has 2 rings (SSSR count). The fraction of sp³-hybridized carbons (Fsp3) is 0.643. The maximum absolute atomic E-state index is 11.0. The van der Waals surface area contributed by atoms with Crippen molar-refractivity contribution in [2.75, 3.05) is 30.4 Å². The molecule has 0 radical (unpaired) electrons. The molecule has 1 aliphatic rings. The highest BCUT2D eigenvalue weighted by atomic mass is 16.6. The lowest BCUT2D eigenvalue weighted by molar-refractivity contribution is -0.384. The van der Waals surface area contributed by atoms with Crippen molar-refractivity contribution in [3.8, 4) is 0 Å². The minimum Gasteiger partial charge on any atom is -0.370 e. The molecule has 1 aromatic heterocycles. The minimum atomic E-state index is -0.362. The van der Waals surface area contributed by atoms with Crippen LogP contribution in [0.1, 0.15) is 32.6 Å². The maximum Gasteiger partial charge on any atom is 0.276 e. The number of anilines is 2. The molecule has 1 fully saturated rings. The average Bonchev–Trinajstić information content (AvgIpc) is 2.39. The fourth-order valence-electron chi connectivity index (χ4n) is 2.30. The van der Waals surface area contributed by atoms with Gasteiger partial charge in [0.2, 0.25) is 0 Å². The first kappa shape index (κ1) is 14.6. The van der Waals surface area contributed by atoms with Gasteiger partial charge in [0.25, 0.3) is 5.69 Å². The molecule has 0 amide bonds. The van der Waals surface area contributed by atoms with Gasteiger partial charge < -0.3 is 10.2 Å². The molecule has 1 aromatic rings. The average molecular weight is 278 g/mol. The third-order valence-electron chi connectivity index (χ3n) is 3.71. The van der Waals surface area contributed by atoms with Crippen LogP contribution in [0.5, 0.6) is 0 Å². The molecule has 0 aliphatic heterocycles. The molecule has 0 bridgehead atoms.